The monoisotopic (exact) mass is 333 g/mol. The summed E-state index contributed by atoms with van der Waals surface area (Å²) in [7, 11) is 0. The molecule has 0 fully saturated rings. The first-order chi connectivity index (χ1) is 12.1. The Balaban J connectivity index is 1.90. The molecule has 25 heavy (non-hydrogen) atoms. The maximum absolute atomic E-state index is 13.3. The Hall–Kier alpha value is -3.65. The number of benzene rings is 2. The second-order valence-electron chi connectivity index (χ2n) is 5.26. The fraction of sp³-hybridized carbons (Fsp3) is 0. The lowest BCUT2D eigenvalue weighted by atomic mass is 10.0. The summed E-state index contributed by atoms with van der Waals surface area (Å²) in [5.74, 6) is -0.454. The third-order valence-electron chi connectivity index (χ3n) is 3.59. The molecule has 122 valence electrons. The normalized spacial score (nSPS) is 11.1. The lowest BCUT2D eigenvalue weighted by Crippen LogP contribution is -1.95. The molecular formula is C20H12FNO3. The molecule has 2 aromatic carbocycles. The molecule has 0 spiro atoms. The van der Waals surface area contributed by atoms with E-state index in [-0.39, 0.29) is 11.4 Å². The molecule has 0 bridgehead atoms. The van der Waals surface area contributed by atoms with Crippen molar-refractivity contribution < 1.29 is 18.7 Å². The van der Waals surface area contributed by atoms with E-state index in [0.29, 0.717) is 28.2 Å². The van der Waals surface area contributed by atoms with Crippen molar-refractivity contribution >= 4 is 17.6 Å². The first-order valence-electron chi connectivity index (χ1n) is 7.38. The van der Waals surface area contributed by atoms with Gasteiger partial charge in [0.2, 0.25) is 0 Å². The predicted molar refractivity (Wildman–Crippen MR) is 91.0 cm³/mol. The minimum Gasteiger partial charge on any atom is -0.478 e. The standard InChI is InChI=1S/C20H12FNO3/c21-17-3-1-2-15(10-17)19-9-8-18(25-19)11-16(12-22)13-4-6-14(7-5-13)20(23)24/h1-11H,(H,23,24). The summed E-state index contributed by atoms with van der Waals surface area (Å²) in [5.41, 5.74) is 1.66. The van der Waals surface area contributed by atoms with E-state index in [4.69, 9.17) is 9.52 Å². The maximum atomic E-state index is 13.3. The molecule has 0 aliphatic heterocycles. The van der Waals surface area contributed by atoms with Crippen molar-refractivity contribution in [3.8, 4) is 17.4 Å². The van der Waals surface area contributed by atoms with Gasteiger partial charge in [0.05, 0.1) is 17.2 Å². The summed E-state index contributed by atoms with van der Waals surface area (Å²) >= 11 is 0. The van der Waals surface area contributed by atoms with Crippen molar-refractivity contribution in [2.75, 3.05) is 0 Å². The quantitative estimate of drug-likeness (QED) is 0.693. The van der Waals surface area contributed by atoms with Crippen molar-refractivity contribution in [2.45, 2.75) is 0 Å². The van der Waals surface area contributed by atoms with Crippen LogP contribution < -0.4 is 0 Å². The van der Waals surface area contributed by atoms with Crippen molar-refractivity contribution in [3.05, 3.63) is 83.4 Å². The summed E-state index contributed by atoms with van der Waals surface area (Å²) in [6.45, 7) is 0. The molecule has 1 N–H and O–H groups in total. The van der Waals surface area contributed by atoms with Gasteiger partial charge < -0.3 is 9.52 Å². The predicted octanol–water partition coefficient (Wildman–Crippen LogP) is 4.85. The highest BCUT2D eigenvalue weighted by Gasteiger charge is 2.08. The smallest absolute Gasteiger partial charge is 0.335 e. The van der Waals surface area contributed by atoms with Crippen molar-refractivity contribution in [1.82, 2.24) is 0 Å². The average molecular weight is 333 g/mol. The van der Waals surface area contributed by atoms with Gasteiger partial charge in [0, 0.05) is 5.56 Å². The minimum atomic E-state index is -1.03. The van der Waals surface area contributed by atoms with Crippen LogP contribution in [-0.4, -0.2) is 11.1 Å². The second kappa shape index (κ2) is 6.85. The van der Waals surface area contributed by atoms with E-state index < -0.39 is 5.97 Å². The zero-order valence-electron chi connectivity index (χ0n) is 12.9. The molecular weight excluding hydrogens is 321 g/mol. The average Bonchev–Trinajstić information content (AvgIpc) is 3.08. The Morgan fingerprint density at radius 2 is 1.80 bits per heavy atom. The largest absolute Gasteiger partial charge is 0.478 e. The molecule has 0 unspecified atom stereocenters. The van der Waals surface area contributed by atoms with Crippen LogP contribution in [0.1, 0.15) is 21.7 Å². The Morgan fingerprint density at radius 1 is 1.08 bits per heavy atom. The van der Waals surface area contributed by atoms with E-state index >= 15 is 0 Å². The number of furan rings is 1. The highest BCUT2D eigenvalue weighted by atomic mass is 19.1. The van der Waals surface area contributed by atoms with E-state index in [1.165, 1.54) is 24.3 Å². The molecule has 1 aromatic heterocycles. The second-order valence-corrected chi connectivity index (χ2v) is 5.26. The van der Waals surface area contributed by atoms with E-state index in [1.54, 1.807) is 42.5 Å². The van der Waals surface area contributed by atoms with Gasteiger partial charge in [-0.25, -0.2) is 9.18 Å². The summed E-state index contributed by atoms with van der Waals surface area (Å²) in [6.07, 6.45) is 1.55. The van der Waals surface area contributed by atoms with Crippen LogP contribution in [0.4, 0.5) is 4.39 Å². The van der Waals surface area contributed by atoms with Crippen molar-refractivity contribution in [1.29, 1.82) is 5.26 Å². The number of halogens is 1. The van der Waals surface area contributed by atoms with Gasteiger partial charge in [0.1, 0.15) is 17.3 Å². The summed E-state index contributed by atoms with van der Waals surface area (Å²) in [5, 5.41) is 18.3. The summed E-state index contributed by atoms with van der Waals surface area (Å²) in [6, 6.07) is 17.5. The molecule has 0 aliphatic rings. The maximum Gasteiger partial charge on any atom is 0.335 e. The molecule has 0 saturated carbocycles. The SMILES string of the molecule is N#CC(=Cc1ccc(-c2cccc(F)c2)o1)c1ccc(C(=O)O)cc1. The van der Waals surface area contributed by atoms with Crippen molar-refractivity contribution in [2.24, 2.45) is 0 Å². The van der Waals surface area contributed by atoms with Crippen LogP contribution >= 0.6 is 0 Å². The number of hydrogen-bond donors (Lipinski definition) is 1. The van der Waals surface area contributed by atoms with Crippen LogP contribution in [0, 0.1) is 17.1 Å². The number of carbonyl (C=O) groups is 1. The Morgan fingerprint density at radius 3 is 2.44 bits per heavy atom. The number of allylic oxidation sites excluding steroid dienone is 1. The molecule has 0 amide bonds. The van der Waals surface area contributed by atoms with Crippen LogP contribution in [0.25, 0.3) is 23.0 Å². The van der Waals surface area contributed by atoms with Crippen LogP contribution in [0.3, 0.4) is 0 Å². The molecule has 5 heteroatoms. The number of nitrogens with zero attached hydrogens (tertiary/aromatic N) is 1. The molecule has 0 atom stereocenters. The van der Waals surface area contributed by atoms with E-state index in [0.717, 1.165) is 0 Å². The Kier molecular flexibility index (Phi) is 4.44. The van der Waals surface area contributed by atoms with Gasteiger partial charge in [-0.05, 0) is 48.0 Å². The number of rotatable bonds is 4. The Labute approximate surface area is 143 Å². The first-order valence-corrected chi connectivity index (χ1v) is 7.38. The highest BCUT2D eigenvalue weighted by Crippen LogP contribution is 2.25. The van der Waals surface area contributed by atoms with E-state index in [9.17, 15) is 14.4 Å². The lowest BCUT2D eigenvalue weighted by molar-refractivity contribution is 0.0697. The number of aromatic carboxylic acids is 1. The van der Waals surface area contributed by atoms with Gasteiger partial charge in [-0.3, -0.25) is 0 Å². The zero-order valence-corrected chi connectivity index (χ0v) is 12.9. The fourth-order valence-electron chi connectivity index (χ4n) is 2.34. The zero-order chi connectivity index (χ0) is 17.8. The number of hydrogen-bond acceptors (Lipinski definition) is 3. The van der Waals surface area contributed by atoms with Gasteiger partial charge in [0.25, 0.3) is 0 Å². The molecule has 0 saturated heterocycles. The van der Waals surface area contributed by atoms with E-state index in [2.05, 4.69) is 6.07 Å². The van der Waals surface area contributed by atoms with Crippen LogP contribution in [0.2, 0.25) is 0 Å². The van der Waals surface area contributed by atoms with Gasteiger partial charge in [-0.2, -0.15) is 5.26 Å². The molecule has 3 rings (SSSR count). The number of carboxylic acids is 1. The van der Waals surface area contributed by atoms with Crippen LogP contribution in [0.15, 0.2) is 65.1 Å². The third kappa shape index (κ3) is 3.65. The van der Waals surface area contributed by atoms with Crippen LogP contribution in [0.5, 0.6) is 0 Å². The van der Waals surface area contributed by atoms with Crippen molar-refractivity contribution in [3.63, 3.8) is 0 Å². The number of carboxylic acid groups (broad SMARTS) is 1. The highest BCUT2D eigenvalue weighted by molar-refractivity contribution is 5.91. The fourth-order valence-corrected chi connectivity index (χ4v) is 2.34. The topological polar surface area (TPSA) is 74.2 Å². The lowest BCUT2D eigenvalue weighted by Gasteiger charge is -2.00. The molecule has 0 radical (unpaired) electrons. The molecule has 3 aromatic rings. The third-order valence-corrected chi connectivity index (χ3v) is 3.59. The van der Waals surface area contributed by atoms with Gasteiger partial charge in [-0.15, -0.1) is 0 Å². The number of nitriles is 1. The van der Waals surface area contributed by atoms with Gasteiger partial charge in [0.15, 0.2) is 0 Å². The van der Waals surface area contributed by atoms with Gasteiger partial charge >= 0.3 is 5.97 Å². The Bertz CT molecular complexity index is 994. The summed E-state index contributed by atoms with van der Waals surface area (Å²) < 4.78 is 18.9. The first kappa shape index (κ1) is 16.2. The summed E-state index contributed by atoms with van der Waals surface area (Å²) in [4.78, 5) is 10.9. The molecule has 0 aliphatic carbocycles. The van der Waals surface area contributed by atoms with Crippen LogP contribution in [-0.2, 0) is 0 Å². The van der Waals surface area contributed by atoms with E-state index in [1.807, 2.05) is 0 Å². The molecule has 4 nitrogen and oxygen atoms in total. The van der Waals surface area contributed by atoms with Gasteiger partial charge in [-0.1, -0.05) is 24.3 Å². The molecule has 1 heterocycles. The minimum absolute atomic E-state index is 0.146.